The molecule has 6 nitrogen and oxygen atoms in total. The van der Waals surface area contributed by atoms with Crippen molar-refractivity contribution >= 4 is 11.8 Å². The van der Waals surface area contributed by atoms with Gasteiger partial charge in [0.2, 0.25) is 11.8 Å². The fourth-order valence-corrected chi connectivity index (χ4v) is 3.25. The number of rotatable bonds is 8. The van der Waals surface area contributed by atoms with Crippen LogP contribution in [0.25, 0.3) is 0 Å². The third-order valence-corrected chi connectivity index (χ3v) is 4.78. The predicted octanol–water partition coefficient (Wildman–Crippen LogP) is 2.19. The molecule has 1 aliphatic heterocycles. The monoisotopic (exact) mass is 367 g/mol. The Kier molecular flexibility index (Phi) is 6.41. The standard InChI is InChI=1S/C21H25N3O3/c1-27-19-8-6-16(7-9-19)4-3-11-23-21(26)18-12-20(25)24(15-18)14-17-5-2-10-22-13-17/h2,5-10,13,18H,3-4,11-12,14-15H2,1H3,(H,23,26). The summed E-state index contributed by atoms with van der Waals surface area (Å²) < 4.78 is 5.15. The molecule has 142 valence electrons. The zero-order valence-corrected chi connectivity index (χ0v) is 15.6. The van der Waals surface area contributed by atoms with Crippen LogP contribution in [-0.2, 0) is 22.6 Å². The van der Waals surface area contributed by atoms with Crippen molar-refractivity contribution in [3.63, 3.8) is 0 Å². The minimum atomic E-state index is -0.268. The number of hydrogen-bond donors (Lipinski definition) is 1. The molecular formula is C21H25N3O3. The number of aryl methyl sites for hydroxylation is 1. The van der Waals surface area contributed by atoms with E-state index in [0.717, 1.165) is 24.2 Å². The van der Waals surface area contributed by atoms with Gasteiger partial charge in [-0.2, -0.15) is 0 Å². The zero-order valence-electron chi connectivity index (χ0n) is 15.6. The molecule has 1 atom stereocenters. The first-order chi connectivity index (χ1) is 13.2. The number of ether oxygens (including phenoxy) is 1. The summed E-state index contributed by atoms with van der Waals surface area (Å²) in [6.07, 6.45) is 5.49. The van der Waals surface area contributed by atoms with Crippen molar-refractivity contribution in [2.45, 2.75) is 25.8 Å². The second-order valence-corrected chi connectivity index (χ2v) is 6.78. The van der Waals surface area contributed by atoms with Crippen molar-refractivity contribution in [3.05, 3.63) is 59.9 Å². The van der Waals surface area contributed by atoms with Crippen molar-refractivity contribution in [1.29, 1.82) is 0 Å². The highest BCUT2D eigenvalue weighted by atomic mass is 16.5. The number of nitrogens with one attached hydrogen (secondary N) is 1. The van der Waals surface area contributed by atoms with Gasteiger partial charge >= 0.3 is 0 Å². The lowest BCUT2D eigenvalue weighted by Gasteiger charge is -2.16. The van der Waals surface area contributed by atoms with Crippen LogP contribution < -0.4 is 10.1 Å². The van der Waals surface area contributed by atoms with Crippen LogP contribution in [0.3, 0.4) is 0 Å². The van der Waals surface area contributed by atoms with Gasteiger partial charge in [0.25, 0.3) is 0 Å². The molecule has 0 aliphatic carbocycles. The quantitative estimate of drug-likeness (QED) is 0.726. The maximum Gasteiger partial charge on any atom is 0.225 e. The Hall–Kier alpha value is -2.89. The lowest BCUT2D eigenvalue weighted by atomic mass is 10.1. The van der Waals surface area contributed by atoms with E-state index in [4.69, 9.17) is 4.74 Å². The highest BCUT2D eigenvalue weighted by Gasteiger charge is 2.33. The van der Waals surface area contributed by atoms with Gasteiger partial charge in [0.05, 0.1) is 13.0 Å². The molecule has 1 aliphatic rings. The molecule has 27 heavy (non-hydrogen) atoms. The van der Waals surface area contributed by atoms with Gasteiger partial charge in [-0.15, -0.1) is 0 Å². The third-order valence-electron chi connectivity index (χ3n) is 4.78. The molecule has 2 heterocycles. The van der Waals surface area contributed by atoms with Crippen LogP contribution in [0, 0.1) is 5.92 Å². The molecule has 0 radical (unpaired) electrons. The maximum atomic E-state index is 12.4. The van der Waals surface area contributed by atoms with Crippen molar-refractivity contribution in [1.82, 2.24) is 15.2 Å². The van der Waals surface area contributed by atoms with Crippen LogP contribution in [0.5, 0.6) is 5.75 Å². The van der Waals surface area contributed by atoms with Crippen molar-refractivity contribution in [2.24, 2.45) is 5.92 Å². The maximum absolute atomic E-state index is 12.4. The number of likely N-dealkylation sites (tertiary alicyclic amines) is 1. The first kappa shape index (κ1) is 18.9. The van der Waals surface area contributed by atoms with Gasteiger partial charge in [0.1, 0.15) is 5.75 Å². The summed E-state index contributed by atoms with van der Waals surface area (Å²) >= 11 is 0. The Morgan fingerprint density at radius 1 is 1.26 bits per heavy atom. The van der Waals surface area contributed by atoms with Crippen LogP contribution in [0.1, 0.15) is 24.0 Å². The molecule has 6 heteroatoms. The van der Waals surface area contributed by atoms with Gasteiger partial charge in [0, 0.05) is 38.4 Å². The van der Waals surface area contributed by atoms with E-state index in [9.17, 15) is 9.59 Å². The normalized spacial score (nSPS) is 16.4. The Morgan fingerprint density at radius 3 is 2.78 bits per heavy atom. The number of benzene rings is 1. The molecule has 1 aromatic heterocycles. The molecule has 3 rings (SSSR count). The SMILES string of the molecule is COc1ccc(CCCNC(=O)C2CC(=O)N(Cc3cccnc3)C2)cc1. The molecule has 1 fully saturated rings. The van der Waals surface area contributed by atoms with E-state index in [1.54, 1.807) is 24.4 Å². The molecule has 2 amide bonds. The molecule has 1 aromatic carbocycles. The molecule has 0 bridgehead atoms. The molecule has 1 N–H and O–H groups in total. The Balaban J connectivity index is 1.40. The molecule has 1 saturated heterocycles. The average Bonchev–Trinajstić information content (AvgIpc) is 3.07. The molecule has 1 unspecified atom stereocenters. The highest BCUT2D eigenvalue weighted by molar-refractivity contribution is 5.89. The van der Waals surface area contributed by atoms with E-state index in [0.29, 0.717) is 19.6 Å². The number of pyridine rings is 1. The fraction of sp³-hybridized carbons (Fsp3) is 0.381. The molecule has 0 spiro atoms. The third kappa shape index (κ3) is 5.29. The van der Waals surface area contributed by atoms with Gasteiger partial charge in [-0.1, -0.05) is 18.2 Å². The number of aromatic nitrogens is 1. The smallest absolute Gasteiger partial charge is 0.225 e. The zero-order chi connectivity index (χ0) is 19.1. The second kappa shape index (κ2) is 9.16. The number of hydrogen-bond acceptors (Lipinski definition) is 4. The summed E-state index contributed by atoms with van der Waals surface area (Å²) in [4.78, 5) is 30.3. The van der Waals surface area contributed by atoms with Crippen molar-refractivity contribution < 1.29 is 14.3 Å². The summed E-state index contributed by atoms with van der Waals surface area (Å²) in [7, 11) is 1.65. The van der Waals surface area contributed by atoms with Crippen LogP contribution in [0.15, 0.2) is 48.8 Å². The van der Waals surface area contributed by atoms with E-state index in [2.05, 4.69) is 10.3 Å². The lowest BCUT2D eigenvalue weighted by Crippen LogP contribution is -2.33. The van der Waals surface area contributed by atoms with Gasteiger partial charge in [-0.05, 0) is 42.2 Å². The Morgan fingerprint density at radius 2 is 2.07 bits per heavy atom. The summed E-state index contributed by atoms with van der Waals surface area (Å²) in [5, 5.41) is 2.97. The van der Waals surface area contributed by atoms with Gasteiger partial charge in [-0.3, -0.25) is 14.6 Å². The summed E-state index contributed by atoms with van der Waals surface area (Å²) in [5.41, 5.74) is 2.19. The summed E-state index contributed by atoms with van der Waals surface area (Å²) in [6, 6.07) is 11.7. The molecular weight excluding hydrogens is 342 g/mol. The Labute approximate surface area is 159 Å². The minimum Gasteiger partial charge on any atom is -0.497 e. The van der Waals surface area contributed by atoms with Crippen LogP contribution in [-0.4, -0.2) is 41.9 Å². The number of nitrogens with zero attached hydrogens (tertiary/aromatic N) is 2. The lowest BCUT2D eigenvalue weighted by molar-refractivity contribution is -0.129. The van der Waals surface area contributed by atoms with Crippen LogP contribution in [0.2, 0.25) is 0 Å². The number of methoxy groups -OCH3 is 1. The van der Waals surface area contributed by atoms with Crippen molar-refractivity contribution in [3.8, 4) is 5.75 Å². The summed E-state index contributed by atoms with van der Waals surface area (Å²) in [5.74, 6) is 0.563. The molecule has 0 saturated carbocycles. The topological polar surface area (TPSA) is 71.5 Å². The van der Waals surface area contributed by atoms with E-state index in [1.807, 2.05) is 36.4 Å². The first-order valence-corrected chi connectivity index (χ1v) is 9.23. The van der Waals surface area contributed by atoms with Gasteiger partial charge < -0.3 is 15.0 Å². The first-order valence-electron chi connectivity index (χ1n) is 9.23. The highest BCUT2D eigenvalue weighted by Crippen LogP contribution is 2.20. The van der Waals surface area contributed by atoms with Crippen LogP contribution >= 0.6 is 0 Å². The summed E-state index contributed by atoms with van der Waals surface area (Å²) in [6.45, 7) is 1.59. The van der Waals surface area contributed by atoms with E-state index >= 15 is 0 Å². The van der Waals surface area contributed by atoms with Gasteiger partial charge in [0.15, 0.2) is 0 Å². The van der Waals surface area contributed by atoms with E-state index in [1.165, 1.54) is 5.56 Å². The Bertz CT molecular complexity index is 762. The van der Waals surface area contributed by atoms with E-state index in [-0.39, 0.29) is 24.2 Å². The van der Waals surface area contributed by atoms with Gasteiger partial charge in [-0.25, -0.2) is 0 Å². The van der Waals surface area contributed by atoms with Crippen molar-refractivity contribution in [2.75, 3.05) is 20.2 Å². The molecule has 2 aromatic rings. The fourth-order valence-electron chi connectivity index (χ4n) is 3.25. The average molecular weight is 367 g/mol. The number of amides is 2. The predicted molar refractivity (Wildman–Crippen MR) is 102 cm³/mol. The van der Waals surface area contributed by atoms with Crippen LogP contribution in [0.4, 0.5) is 0 Å². The second-order valence-electron chi connectivity index (χ2n) is 6.78. The number of carbonyl (C=O) groups is 2. The number of carbonyl (C=O) groups excluding carboxylic acids is 2. The largest absolute Gasteiger partial charge is 0.497 e. The minimum absolute atomic E-state index is 0.0252. The van der Waals surface area contributed by atoms with E-state index < -0.39 is 0 Å².